The standard InChI is InChI=1S/C19H37N9O6S/c20-6-2-1-4-11(26-15(30)10(21)9-35)16(31)28-13(8-14(22)29)17(32)27-12(18(33)34)5-3-7-25-19(23)24/h10-13,35H,1-9,20-21H2,(H2,22,29)(H,26,30)(H,27,32)(H,28,31)(H,33,34)(H4,23,24,25). The Morgan fingerprint density at radius 2 is 1.37 bits per heavy atom. The summed E-state index contributed by atoms with van der Waals surface area (Å²) in [6.45, 7) is 0.507. The lowest BCUT2D eigenvalue weighted by Crippen LogP contribution is -2.57. The van der Waals surface area contributed by atoms with Crippen molar-refractivity contribution >= 4 is 48.2 Å². The fourth-order valence-corrected chi connectivity index (χ4v) is 3.01. The first kappa shape index (κ1) is 31.9. The van der Waals surface area contributed by atoms with E-state index >= 15 is 0 Å². The van der Waals surface area contributed by atoms with Crippen molar-refractivity contribution in [1.29, 1.82) is 0 Å². The van der Waals surface area contributed by atoms with E-state index in [-0.39, 0.29) is 37.5 Å². The largest absolute Gasteiger partial charge is 0.480 e. The fraction of sp³-hybridized carbons (Fsp3) is 0.684. The third-order valence-corrected chi connectivity index (χ3v) is 5.10. The van der Waals surface area contributed by atoms with Crippen molar-refractivity contribution in [2.24, 2.45) is 33.7 Å². The summed E-state index contributed by atoms with van der Waals surface area (Å²) in [5.41, 5.74) is 26.7. The molecule has 0 saturated heterocycles. The van der Waals surface area contributed by atoms with Crippen molar-refractivity contribution in [3.8, 4) is 0 Å². The van der Waals surface area contributed by atoms with Gasteiger partial charge in [0, 0.05) is 12.3 Å². The highest BCUT2D eigenvalue weighted by molar-refractivity contribution is 7.80. The van der Waals surface area contributed by atoms with E-state index in [2.05, 4.69) is 33.6 Å². The molecular weight excluding hydrogens is 482 g/mol. The first-order valence-electron chi connectivity index (χ1n) is 11.0. The van der Waals surface area contributed by atoms with Crippen LogP contribution < -0.4 is 44.6 Å². The smallest absolute Gasteiger partial charge is 0.326 e. The Balaban J connectivity index is 5.43. The minimum absolute atomic E-state index is 0.0194. The molecular formula is C19H37N9O6S. The third kappa shape index (κ3) is 14.0. The zero-order valence-electron chi connectivity index (χ0n) is 19.4. The molecule has 0 aliphatic heterocycles. The first-order chi connectivity index (χ1) is 16.4. The van der Waals surface area contributed by atoms with Crippen LogP contribution in [0.1, 0.15) is 38.5 Å². The Kier molecular flexibility index (Phi) is 15.8. The monoisotopic (exact) mass is 519 g/mol. The molecule has 0 fully saturated rings. The van der Waals surface area contributed by atoms with Crippen LogP contribution in [0.25, 0.3) is 0 Å². The number of carboxylic acids is 1. The lowest BCUT2D eigenvalue weighted by Gasteiger charge is -2.24. The van der Waals surface area contributed by atoms with E-state index in [0.717, 1.165) is 0 Å². The summed E-state index contributed by atoms with van der Waals surface area (Å²) in [7, 11) is 0. The van der Waals surface area contributed by atoms with E-state index in [1.54, 1.807) is 0 Å². The molecule has 16 heteroatoms. The normalized spacial score (nSPS) is 14.0. The molecule has 0 aromatic heterocycles. The Labute approximate surface area is 208 Å². The number of hydrogen-bond acceptors (Lipinski definition) is 9. The van der Waals surface area contributed by atoms with Gasteiger partial charge in [0.05, 0.1) is 12.5 Å². The van der Waals surface area contributed by atoms with E-state index in [4.69, 9.17) is 28.7 Å². The number of carboxylic acid groups (broad SMARTS) is 1. The summed E-state index contributed by atoms with van der Waals surface area (Å²) in [5.74, 6) is -4.71. The molecule has 0 radical (unpaired) electrons. The second-order valence-electron chi connectivity index (χ2n) is 7.71. The van der Waals surface area contributed by atoms with Gasteiger partial charge in [-0.25, -0.2) is 4.79 Å². The van der Waals surface area contributed by atoms with Crippen LogP contribution in [0.2, 0.25) is 0 Å². The molecule has 4 atom stereocenters. The highest BCUT2D eigenvalue weighted by atomic mass is 32.1. The van der Waals surface area contributed by atoms with Crippen molar-refractivity contribution in [2.45, 2.75) is 62.7 Å². The number of hydrogen-bond donors (Lipinski definition) is 10. The van der Waals surface area contributed by atoms with Crippen LogP contribution in [0.4, 0.5) is 0 Å². The molecule has 0 spiro atoms. The quantitative estimate of drug-likeness (QED) is 0.0361. The molecule has 4 amide bonds. The lowest BCUT2D eigenvalue weighted by atomic mass is 10.1. The minimum atomic E-state index is -1.48. The zero-order valence-corrected chi connectivity index (χ0v) is 20.3. The summed E-state index contributed by atoms with van der Waals surface area (Å²) in [6.07, 6.45) is 0.855. The molecule has 15 nitrogen and oxygen atoms in total. The van der Waals surface area contributed by atoms with Gasteiger partial charge < -0.3 is 49.7 Å². The van der Waals surface area contributed by atoms with Crippen LogP contribution >= 0.6 is 12.6 Å². The second-order valence-corrected chi connectivity index (χ2v) is 8.08. The van der Waals surface area contributed by atoms with E-state index in [0.29, 0.717) is 19.4 Å². The highest BCUT2D eigenvalue weighted by Crippen LogP contribution is 2.05. The van der Waals surface area contributed by atoms with E-state index in [1.165, 1.54) is 0 Å². The summed E-state index contributed by atoms with van der Waals surface area (Å²) in [6, 6.07) is -4.87. The molecule has 0 heterocycles. The number of unbranched alkanes of at least 4 members (excludes halogenated alkanes) is 1. The van der Waals surface area contributed by atoms with Gasteiger partial charge in [-0.15, -0.1) is 0 Å². The molecule has 0 bridgehead atoms. The minimum Gasteiger partial charge on any atom is -0.480 e. The number of carbonyl (C=O) groups excluding carboxylic acids is 4. The van der Waals surface area contributed by atoms with Crippen LogP contribution in [0.15, 0.2) is 4.99 Å². The van der Waals surface area contributed by atoms with Crippen molar-refractivity contribution < 1.29 is 29.1 Å². The van der Waals surface area contributed by atoms with Gasteiger partial charge in [0.1, 0.15) is 18.1 Å². The van der Waals surface area contributed by atoms with E-state index < -0.39 is 60.2 Å². The summed E-state index contributed by atoms with van der Waals surface area (Å²) in [4.78, 5) is 64.6. The average Bonchev–Trinajstić information content (AvgIpc) is 2.78. The van der Waals surface area contributed by atoms with Gasteiger partial charge in [0.15, 0.2) is 5.96 Å². The van der Waals surface area contributed by atoms with Gasteiger partial charge in [0.25, 0.3) is 0 Å². The van der Waals surface area contributed by atoms with Gasteiger partial charge >= 0.3 is 5.97 Å². The molecule has 14 N–H and O–H groups in total. The number of aliphatic carboxylic acids is 1. The molecule has 200 valence electrons. The van der Waals surface area contributed by atoms with Crippen molar-refractivity contribution in [2.75, 3.05) is 18.8 Å². The molecule has 0 aliphatic carbocycles. The predicted molar refractivity (Wildman–Crippen MR) is 132 cm³/mol. The Morgan fingerprint density at radius 3 is 1.89 bits per heavy atom. The number of rotatable bonds is 18. The SMILES string of the molecule is NCCCCC(NC(=O)C(N)CS)C(=O)NC(CC(N)=O)C(=O)NC(CCCN=C(N)N)C(=O)O. The Hall–Kier alpha value is -3.11. The second kappa shape index (κ2) is 17.3. The van der Waals surface area contributed by atoms with Crippen molar-refractivity contribution in [1.82, 2.24) is 16.0 Å². The third-order valence-electron chi connectivity index (χ3n) is 4.71. The van der Waals surface area contributed by atoms with Crippen LogP contribution in [-0.4, -0.2) is 83.7 Å². The van der Waals surface area contributed by atoms with Gasteiger partial charge in [-0.2, -0.15) is 12.6 Å². The molecule has 35 heavy (non-hydrogen) atoms. The fourth-order valence-electron chi connectivity index (χ4n) is 2.84. The Bertz CT molecular complexity index is 763. The number of nitrogens with one attached hydrogen (secondary N) is 3. The highest BCUT2D eigenvalue weighted by Gasteiger charge is 2.30. The number of nitrogens with zero attached hydrogens (tertiary/aromatic N) is 1. The first-order valence-corrected chi connectivity index (χ1v) is 11.6. The zero-order chi connectivity index (χ0) is 27.0. The number of thiol groups is 1. The maximum absolute atomic E-state index is 12.9. The summed E-state index contributed by atoms with van der Waals surface area (Å²) >= 11 is 3.95. The number of carbonyl (C=O) groups is 5. The van der Waals surface area contributed by atoms with Gasteiger partial charge in [-0.05, 0) is 38.6 Å². The maximum Gasteiger partial charge on any atom is 0.326 e. The van der Waals surface area contributed by atoms with E-state index in [1.807, 2.05) is 0 Å². The molecule has 0 aliphatic rings. The molecule has 0 aromatic carbocycles. The van der Waals surface area contributed by atoms with Gasteiger partial charge in [-0.3, -0.25) is 24.2 Å². The molecule has 0 rings (SSSR count). The summed E-state index contributed by atoms with van der Waals surface area (Å²) in [5, 5.41) is 16.5. The summed E-state index contributed by atoms with van der Waals surface area (Å²) < 4.78 is 0. The average molecular weight is 520 g/mol. The molecule has 0 aromatic rings. The van der Waals surface area contributed by atoms with Crippen LogP contribution in [-0.2, 0) is 24.0 Å². The topological polar surface area (TPSA) is 284 Å². The Morgan fingerprint density at radius 1 is 0.829 bits per heavy atom. The number of aliphatic imine (C=N–C) groups is 1. The van der Waals surface area contributed by atoms with Crippen molar-refractivity contribution in [3.05, 3.63) is 0 Å². The van der Waals surface area contributed by atoms with Gasteiger partial charge in [-0.1, -0.05) is 0 Å². The van der Waals surface area contributed by atoms with Gasteiger partial charge in [0.2, 0.25) is 23.6 Å². The number of guanidine groups is 1. The van der Waals surface area contributed by atoms with E-state index in [9.17, 15) is 29.1 Å². The molecule has 0 saturated carbocycles. The van der Waals surface area contributed by atoms with Crippen LogP contribution in [0, 0.1) is 0 Å². The predicted octanol–water partition coefficient (Wildman–Crippen LogP) is -4.16. The number of primary amides is 1. The molecule has 4 unspecified atom stereocenters. The van der Waals surface area contributed by atoms with Crippen LogP contribution in [0.3, 0.4) is 0 Å². The number of nitrogens with two attached hydrogens (primary N) is 5. The van der Waals surface area contributed by atoms with Crippen LogP contribution in [0.5, 0.6) is 0 Å². The maximum atomic E-state index is 12.9. The van der Waals surface area contributed by atoms with Crippen molar-refractivity contribution in [3.63, 3.8) is 0 Å². The number of amides is 4. The lowest BCUT2D eigenvalue weighted by molar-refractivity contribution is -0.142.